The number of aromatic nitrogens is 2. The normalized spacial score (nSPS) is 11.2. The van der Waals surface area contributed by atoms with E-state index in [2.05, 4.69) is 20.8 Å². The number of thiocarbonyl (C=S) groups is 1. The molecule has 1 aromatic heterocycles. The van der Waals surface area contributed by atoms with Gasteiger partial charge in [-0.3, -0.25) is 0 Å². The monoisotopic (exact) mass is 332 g/mol. The molecule has 2 N–H and O–H groups in total. The summed E-state index contributed by atoms with van der Waals surface area (Å²) in [4.78, 5) is 0. The number of anilines is 1. The molecule has 0 saturated heterocycles. The fraction of sp³-hybridized carbons (Fsp3) is 0.250. The van der Waals surface area contributed by atoms with Gasteiger partial charge in [-0.2, -0.15) is 13.2 Å². The van der Waals surface area contributed by atoms with E-state index in [1.807, 2.05) is 30.3 Å². The molecule has 0 atom stereocenters. The second-order valence-electron chi connectivity index (χ2n) is 4.03. The zero-order chi connectivity index (χ0) is 15.3. The first-order valence-electron chi connectivity index (χ1n) is 5.94. The maximum Gasteiger partial charge on any atom is 0.445 e. The van der Waals surface area contributed by atoms with Crippen molar-refractivity contribution in [2.24, 2.45) is 0 Å². The van der Waals surface area contributed by atoms with Crippen LogP contribution >= 0.6 is 23.6 Å². The van der Waals surface area contributed by atoms with E-state index in [1.165, 1.54) is 0 Å². The molecule has 21 heavy (non-hydrogen) atoms. The average Bonchev–Trinajstić information content (AvgIpc) is 2.88. The quantitative estimate of drug-likeness (QED) is 0.843. The van der Waals surface area contributed by atoms with Gasteiger partial charge in [0.25, 0.3) is 0 Å². The molecule has 0 saturated carbocycles. The Morgan fingerprint density at radius 1 is 1.19 bits per heavy atom. The Morgan fingerprint density at radius 2 is 1.90 bits per heavy atom. The number of rotatable bonds is 4. The summed E-state index contributed by atoms with van der Waals surface area (Å²) in [7, 11) is 0. The third-order valence-electron chi connectivity index (χ3n) is 2.43. The van der Waals surface area contributed by atoms with Gasteiger partial charge in [0, 0.05) is 6.54 Å². The lowest BCUT2D eigenvalue weighted by molar-refractivity contribution is -0.138. The van der Waals surface area contributed by atoms with Crippen LogP contribution in [0.3, 0.4) is 0 Å². The van der Waals surface area contributed by atoms with Crippen molar-refractivity contribution >= 4 is 33.8 Å². The zero-order valence-electron chi connectivity index (χ0n) is 10.6. The topological polar surface area (TPSA) is 49.8 Å². The van der Waals surface area contributed by atoms with Crippen LogP contribution in [0.4, 0.5) is 18.3 Å². The summed E-state index contributed by atoms with van der Waals surface area (Å²) in [6.07, 6.45) is -3.73. The van der Waals surface area contributed by atoms with Crippen LogP contribution in [0.25, 0.3) is 0 Å². The van der Waals surface area contributed by atoms with Crippen LogP contribution in [0.15, 0.2) is 30.3 Å². The largest absolute Gasteiger partial charge is 0.445 e. The van der Waals surface area contributed by atoms with Crippen molar-refractivity contribution in [2.45, 2.75) is 12.6 Å². The van der Waals surface area contributed by atoms with E-state index in [9.17, 15) is 13.2 Å². The summed E-state index contributed by atoms with van der Waals surface area (Å²) in [6.45, 7) is 0.570. The molecular weight excluding hydrogens is 321 g/mol. The molecular formula is C12H11F3N4S2. The van der Waals surface area contributed by atoms with Crippen molar-refractivity contribution in [3.8, 4) is 0 Å². The lowest BCUT2D eigenvalue weighted by Gasteiger charge is -2.07. The second kappa shape index (κ2) is 6.81. The Hall–Kier alpha value is -1.74. The number of nitrogens with zero attached hydrogens (tertiary/aromatic N) is 2. The van der Waals surface area contributed by atoms with Gasteiger partial charge in [-0.1, -0.05) is 41.7 Å². The summed E-state index contributed by atoms with van der Waals surface area (Å²) < 4.78 is 37.1. The van der Waals surface area contributed by atoms with Crippen LogP contribution in [0.2, 0.25) is 0 Å². The van der Waals surface area contributed by atoms with Crippen molar-refractivity contribution < 1.29 is 13.2 Å². The number of alkyl halides is 3. The number of hydrogen-bond acceptors (Lipinski definition) is 4. The van der Waals surface area contributed by atoms with Gasteiger partial charge in [-0.15, -0.1) is 10.2 Å². The highest BCUT2D eigenvalue weighted by Gasteiger charge is 2.35. The summed E-state index contributed by atoms with van der Waals surface area (Å²) in [5.41, 5.74) is 1.14. The maximum absolute atomic E-state index is 12.4. The van der Waals surface area contributed by atoms with E-state index >= 15 is 0 Å². The van der Waals surface area contributed by atoms with Gasteiger partial charge in [-0.25, -0.2) is 0 Å². The summed E-state index contributed by atoms with van der Waals surface area (Å²) in [6, 6.07) is 9.77. The first-order valence-corrected chi connectivity index (χ1v) is 7.17. The van der Waals surface area contributed by atoms with E-state index in [4.69, 9.17) is 12.2 Å². The van der Waals surface area contributed by atoms with Crippen molar-refractivity contribution in [2.75, 3.05) is 11.9 Å². The van der Waals surface area contributed by atoms with Crippen LogP contribution in [0, 0.1) is 0 Å². The Labute approximate surface area is 128 Å². The second-order valence-corrected chi connectivity index (χ2v) is 5.41. The van der Waals surface area contributed by atoms with Crippen molar-refractivity contribution in [3.63, 3.8) is 0 Å². The third-order valence-corrected chi connectivity index (χ3v) is 3.56. The minimum atomic E-state index is -4.49. The van der Waals surface area contributed by atoms with E-state index in [0.29, 0.717) is 17.9 Å². The molecule has 0 spiro atoms. The molecule has 0 radical (unpaired) electrons. The van der Waals surface area contributed by atoms with Gasteiger partial charge < -0.3 is 10.6 Å². The standard InChI is InChI=1S/C12H11F3N4S2/c13-12(14,15)9-18-19-11(21-9)17-10(20)16-7-6-8-4-2-1-3-5-8/h1-5H,6-7H2,(H2,16,17,19,20). The fourth-order valence-corrected chi connectivity index (χ4v) is 2.37. The average molecular weight is 332 g/mol. The predicted molar refractivity (Wildman–Crippen MR) is 79.3 cm³/mol. The van der Waals surface area contributed by atoms with Gasteiger partial charge in [0.2, 0.25) is 10.1 Å². The number of benzene rings is 1. The molecule has 4 nitrogen and oxygen atoms in total. The molecule has 0 aliphatic carbocycles. The lowest BCUT2D eigenvalue weighted by Crippen LogP contribution is -2.30. The molecule has 112 valence electrons. The van der Waals surface area contributed by atoms with Crippen LogP contribution < -0.4 is 10.6 Å². The minimum Gasteiger partial charge on any atom is -0.362 e. The highest BCUT2D eigenvalue weighted by atomic mass is 32.1. The Bertz CT molecular complexity index is 598. The summed E-state index contributed by atoms with van der Waals surface area (Å²) in [5.74, 6) is 0. The van der Waals surface area contributed by atoms with Crippen LogP contribution in [-0.4, -0.2) is 21.9 Å². The van der Waals surface area contributed by atoms with E-state index in [1.54, 1.807) is 0 Å². The minimum absolute atomic E-state index is 0.0135. The van der Waals surface area contributed by atoms with Crippen molar-refractivity contribution in [1.29, 1.82) is 0 Å². The van der Waals surface area contributed by atoms with E-state index in [-0.39, 0.29) is 10.2 Å². The molecule has 2 aromatic rings. The lowest BCUT2D eigenvalue weighted by atomic mass is 10.1. The van der Waals surface area contributed by atoms with Crippen LogP contribution in [0.5, 0.6) is 0 Å². The zero-order valence-corrected chi connectivity index (χ0v) is 12.3. The predicted octanol–water partition coefficient (Wildman–Crippen LogP) is 3.09. The van der Waals surface area contributed by atoms with E-state index in [0.717, 1.165) is 12.0 Å². The molecule has 1 heterocycles. The highest BCUT2D eigenvalue weighted by Crippen LogP contribution is 2.32. The van der Waals surface area contributed by atoms with Gasteiger partial charge in [-0.05, 0) is 24.2 Å². The number of hydrogen-bond donors (Lipinski definition) is 2. The molecule has 0 aliphatic rings. The van der Waals surface area contributed by atoms with Crippen molar-refractivity contribution in [1.82, 2.24) is 15.5 Å². The third kappa shape index (κ3) is 4.94. The molecule has 0 unspecified atom stereocenters. The molecule has 0 aliphatic heterocycles. The van der Waals surface area contributed by atoms with Crippen LogP contribution in [-0.2, 0) is 12.6 Å². The van der Waals surface area contributed by atoms with Gasteiger partial charge in [0.1, 0.15) is 0 Å². The van der Waals surface area contributed by atoms with Gasteiger partial charge in [0.15, 0.2) is 5.11 Å². The molecule has 1 aromatic carbocycles. The van der Waals surface area contributed by atoms with Crippen LogP contribution in [0.1, 0.15) is 10.6 Å². The smallest absolute Gasteiger partial charge is 0.362 e. The summed E-state index contributed by atoms with van der Waals surface area (Å²) >= 11 is 5.40. The van der Waals surface area contributed by atoms with Gasteiger partial charge in [0.05, 0.1) is 0 Å². The molecule has 0 amide bonds. The fourth-order valence-electron chi connectivity index (χ4n) is 1.49. The Balaban J connectivity index is 1.78. The number of halogens is 3. The first-order chi connectivity index (χ1) is 9.95. The highest BCUT2D eigenvalue weighted by molar-refractivity contribution is 7.80. The summed E-state index contributed by atoms with van der Waals surface area (Å²) in [5, 5.41) is 11.2. The molecule has 9 heteroatoms. The van der Waals surface area contributed by atoms with Crippen molar-refractivity contribution in [3.05, 3.63) is 40.9 Å². The SMILES string of the molecule is FC(F)(F)c1nnc(NC(=S)NCCc2ccccc2)s1. The van der Waals surface area contributed by atoms with Gasteiger partial charge >= 0.3 is 6.18 Å². The Kier molecular flexibility index (Phi) is 5.07. The van der Waals surface area contributed by atoms with E-state index < -0.39 is 11.2 Å². The molecule has 2 rings (SSSR count). The first kappa shape index (κ1) is 15.6. The Morgan fingerprint density at radius 3 is 2.52 bits per heavy atom. The maximum atomic E-state index is 12.4. The molecule has 0 fully saturated rings. The number of nitrogens with one attached hydrogen (secondary N) is 2. The molecule has 0 bridgehead atoms.